The Morgan fingerprint density at radius 3 is 1.52 bits per heavy atom. The van der Waals surface area contributed by atoms with Gasteiger partial charge in [-0.1, -0.05) is 184 Å². The van der Waals surface area contributed by atoms with Gasteiger partial charge in [0, 0.05) is 38.6 Å². The maximum atomic E-state index is 6.53. The Kier molecular flexibility index (Phi) is 6.74. The lowest BCUT2D eigenvalue weighted by molar-refractivity contribution is 0.660. The lowest BCUT2D eigenvalue weighted by atomic mass is 9.70. The standard InChI is InChI=1S/C58H39NO/c1-57(2)45-23-8-5-19-43(45)54-49(57)27-14-29-51(54)59(37-34-32-36(33-35-37)38-21-13-22-42-41-18-7-12-31-53(41)60-56(38)42)52-30-15-28-50-55(52)44-20-6-11-26-48(44)58(50)46-24-9-3-16-39(46)40-17-4-10-25-47(40)58/h3-35H,1-2H3. The molecule has 0 saturated carbocycles. The average molecular weight is 766 g/mol. The second kappa shape index (κ2) is 12.1. The van der Waals surface area contributed by atoms with E-state index in [1.165, 1.54) is 78.1 Å². The molecule has 0 amide bonds. The fraction of sp³-hybridized carbons (Fsp3) is 0.0690. The van der Waals surface area contributed by atoms with Gasteiger partial charge in [-0.3, -0.25) is 0 Å². The first-order valence-electron chi connectivity index (χ1n) is 21.0. The highest BCUT2D eigenvalue weighted by atomic mass is 16.3. The van der Waals surface area contributed by atoms with Crippen LogP contribution in [0.2, 0.25) is 0 Å². The minimum Gasteiger partial charge on any atom is -0.455 e. The molecule has 0 atom stereocenters. The van der Waals surface area contributed by atoms with E-state index in [2.05, 4.69) is 213 Å². The summed E-state index contributed by atoms with van der Waals surface area (Å²) < 4.78 is 6.53. The van der Waals surface area contributed by atoms with E-state index in [0.29, 0.717) is 0 Å². The minimum absolute atomic E-state index is 0.144. The number of hydrogen-bond donors (Lipinski definition) is 0. The Balaban J connectivity index is 1.09. The Morgan fingerprint density at radius 1 is 0.367 bits per heavy atom. The summed E-state index contributed by atoms with van der Waals surface area (Å²) >= 11 is 0. The van der Waals surface area contributed by atoms with Crippen LogP contribution in [0.5, 0.6) is 0 Å². The molecule has 13 rings (SSSR count). The first-order valence-corrected chi connectivity index (χ1v) is 21.0. The summed E-state index contributed by atoms with van der Waals surface area (Å²) in [6.45, 7) is 4.74. The molecule has 0 fully saturated rings. The normalized spacial score (nSPS) is 14.4. The molecule has 2 heteroatoms. The van der Waals surface area contributed by atoms with E-state index in [1.54, 1.807) is 0 Å². The molecule has 60 heavy (non-hydrogen) atoms. The van der Waals surface area contributed by atoms with Crippen LogP contribution in [0.3, 0.4) is 0 Å². The van der Waals surface area contributed by atoms with Crippen LogP contribution in [0, 0.1) is 0 Å². The lowest BCUT2D eigenvalue weighted by Crippen LogP contribution is -2.26. The van der Waals surface area contributed by atoms with Crippen LogP contribution in [0.25, 0.3) is 66.4 Å². The van der Waals surface area contributed by atoms with Crippen molar-refractivity contribution in [2.45, 2.75) is 24.7 Å². The highest BCUT2D eigenvalue weighted by molar-refractivity contribution is 6.10. The van der Waals surface area contributed by atoms with Crippen LogP contribution in [-0.2, 0) is 10.8 Å². The van der Waals surface area contributed by atoms with Crippen LogP contribution in [0.4, 0.5) is 17.1 Å². The molecule has 0 unspecified atom stereocenters. The van der Waals surface area contributed by atoms with Crippen LogP contribution in [0.15, 0.2) is 205 Å². The molecule has 282 valence electrons. The third kappa shape index (κ3) is 4.22. The largest absolute Gasteiger partial charge is 0.455 e. The molecule has 3 aliphatic carbocycles. The van der Waals surface area contributed by atoms with Crippen molar-refractivity contribution in [2.75, 3.05) is 4.90 Å². The van der Waals surface area contributed by atoms with E-state index in [-0.39, 0.29) is 5.41 Å². The van der Waals surface area contributed by atoms with Gasteiger partial charge in [-0.15, -0.1) is 0 Å². The molecule has 1 heterocycles. The first kappa shape index (κ1) is 33.5. The molecule has 1 aromatic heterocycles. The van der Waals surface area contributed by atoms with Crippen molar-refractivity contribution in [3.63, 3.8) is 0 Å². The van der Waals surface area contributed by atoms with Gasteiger partial charge in [0.25, 0.3) is 0 Å². The van der Waals surface area contributed by atoms with Crippen LogP contribution < -0.4 is 4.90 Å². The summed E-state index contributed by atoms with van der Waals surface area (Å²) in [5, 5.41) is 2.28. The summed E-state index contributed by atoms with van der Waals surface area (Å²) in [6, 6.07) is 74.2. The van der Waals surface area contributed by atoms with Crippen molar-refractivity contribution in [1.82, 2.24) is 0 Å². The van der Waals surface area contributed by atoms with E-state index in [9.17, 15) is 0 Å². The van der Waals surface area contributed by atoms with E-state index in [0.717, 1.165) is 38.8 Å². The number of rotatable bonds is 4. The molecule has 10 aromatic rings. The summed E-state index contributed by atoms with van der Waals surface area (Å²) in [6.07, 6.45) is 0. The number of fused-ring (bicyclic) bond motifs is 16. The van der Waals surface area contributed by atoms with Crippen molar-refractivity contribution >= 4 is 39.0 Å². The van der Waals surface area contributed by atoms with Gasteiger partial charge in [0.2, 0.25) is 0 Å². The molecule has 0 aliphatic heterocycles. The second-order valence-electron chi connectivity index (χ2n) is 17.1. The molecule has 2 nitrogen and oxygen atoms in total. The fourth-order valence-corrected chi connectivity index (χ4v) is 11.4. The van der Waals surface area contributed by atoms with Crippen LogP contribution >= 0.6 is 0 Å². The van der Waals surface area contributed by atoms with Crippen LogP contribution in [0.1, 0.15) is 47.2 Å². The van der Waals surface area contributed by atoms with Crippen LogP contribution in [-0.4, -0.2) is 0 Å². The first-order chi connectivity index (χ1) is 29.5. The predicted molar refractivity (Wildman–Crippen MR) is 248 cm³/mol. The molecule has 0 radical (unpaired) electrons. The molecular formula is C58H39NO. The fourth-order valence-electron chi connectivity index (χ4n) is 11.4. The monoisotopic (exact) mass is 765 g/mol. The van der Waals surface area contributed by atoms with E-state index >= 15 is 0 Å². The maximum Gasteiger partial charge on any atom is 0.143 e. The van der Waals surface area contributed by atoms with Gasteiger partial charge in [0.15, 0.2) is 0 Å². The molecule has 9 aromatic carbocycles. The van der Waals surface area contributed by atoms with Crippen molar-refractivity contribution in [2.24, 2.45) is 0 Å². The van der Waals surface area contributed by atoms with Gasteiger partial charge >= 0.3 is 0 Å². The molecule has 0 saturated heterocycles. The van der Waals surface area contributed by atoms with Gasteiger partial charge in [0.1, 0.15) is 11.2 Å². The van der Waals surface area contributed by atoms with Crippen molar-refractivity contribution in [1.29, 1.82) is 0 Å². The van der Waals surface area contributed by atoms with E-state index < -0.39 is 5.41 Å². The third-order valence-electron chi connectivity index (χ3n) is 13.9. The SMILES string of the molecule is CC1(C)c2ccccc2-c2c(N(c3ccc(-c4cccc5c4oc4ccccc45)cc3)c3cccc4c3-c3ccccc3C43c4ccccc4-c4ccccc43)cccc21. The maximum absolute atomic E-state index is 6.53. The van der Waals surface area contributed by atoms with Gasteiger partial charge in [-0.25, -0.2) is 0 Å². The zero-order valence-electron chi connectivity index (χ0n) is 33.4. The zero-order valence-corrected chi connectivity index (χ0v) is 33.4. The van der Waals surface area contributed by atoms with E-state index in [1.807, 2.05) is 6.07 Å². The smallest absolute Gasteiger partial charge is 0.143 e. The number of anilines is 3. The molecular weight excluding hydrogens is 727 g/mol. The van der Waals surface area contributed by atoms with Crippen molar-refractivity contribution < 1.29 is 4.42 Å². The second-order valence-corrected chi connectivity index (χ2v) is 17.1. The third-order valence-corrected chi connectivity index (χ3v) is 13.9. The number of hydrogen-bond acceptors (Lipinski definition) is 2. The lowest BCUT2D eigenvalue weighted by Gasteiger charge is -2.32. The van der Waals surface area contributed by atoms with Crippen molar-refractivity contribution in [3.8, 4) is 44.5 Å². The number of furan rings is 1. The number of para-hydroxylation sites is 2. The van der Waals surface area contributed by atoms with Gasteiger partial charge in [-0.2, -0.15) is 0 Å². The Morgan fingerprint density at radius 2 is 0.833 bits per heavy atom. The summed E-state index contributed by atoms with van der Waals surface area (Å²) in [7, 11) is 0. The Labute approximate surface area is 349 Å². The summed E-state index contributed by atoms with van der Waals surface area (Å²) in [5.41, 5.74) is 22.8. The predicted octanol–water partition coefficient (Wildman–Crippen LogP) is 15.4. The topological polar surface area (TPSA) is 16.4 Å². The van der Waals surface area contributed by atoms with Gasteiger partial charge in [-0.05, 0) is 91.5 Å². The highest BCUT2D eigenvalue weighted by Gasteiger charge is 2.52. The Bertz CT molecular complexity index is 3370. The van der Waals surface area contributed by atoms with E-state index in [4.69, 9.17) is 4.42 Å². The van der Waals surface area contributed by atoms with Crippen molar-refractivity contribution in [3.05, 3.63) is 234 Å². The summed E-state index contributed by atoms with van der Waals surface area (Å²) in [4.78, 5) is 2.55. The van der Waals surface area contributed by atoms with Gasteiger partial charge < -0.3 is 9.32 Å². The number of nitrogens with zero attached hydrogens (tertiary/aromatic N) is 1. The number of benzene rings is 9. The highest BCUT2D eigenvalue weighted by Crippen LogP contribution is 2.65. The zero-order chi connectivity index (χ0) is 39.7. The minimum atomic E-state index is -0.441. The Hall–Kier alpha value is -7.42. The van der Waals surface area contributed by atoms with Gasteiger partial charge in [0.05, 0.1) is 16.8 Å². The quantitative estimate of drug-likeness (QED) is 0.177. The molecule has 3 aliphatic rings. The molecule has 1 spiro atoms. The molecule has 0 N–H and O–H groups in total. The molecule has 0 bridgehead atoms. The average Bonchev–Trinajstić information content (AvgIpc) is 4.00. The summed E-state index contributed by atoms with van der Waals surface area (Å²) in [5.74, 6) is 0.